The summed E-state index contributed by atoms with van der Waals surface area (Å²) < 4.78 is 29.9. The molecule has 0 saturated carbocycles. The number of nitrogens with zero attached hydrogens (tertiary/aromatic N) is 2. The third kappa shape index (κ3) is 3.88. The highest BCUT2D eigenvalue weighted by Gasteiger charge is 2.16. The van der Waals surface area contributed by atoms with E-state index in [1.807, 2.05) is 0 Å². The van der Waals surface area contributed by atoms with Crippen LogP contribution in [0.4, 0.5) is 0 Å². The van der Waals surface area contributed by atoms with Gasteiger partial charge in [0, 0.05) is 34.4 Å². The first kappa shape index (κ1) is 14.7. The Morgan fingerprint density at radius 3 is 2.74 bits per heavy atom. The Balaban J connectivity index is 2.05. The first-order chi connectivity index (χ1) is 8.99. The lowest BCUT2D eigenvalue weighted by molar-refractivity contribution is 0.572. The highest BCUT2D eigenvalue weighted by Crippen LogP contribution is 2.25. The van der Waals surface area contributed by atoms with Gasteiger partial charge in [0.1, 0.15) is 0 Å². The van der Waals surface area contributed by atoms with Gasteiger partial charge in [0.2, 0.25) is 10.0 Å². The number of benzene rings is 1. The fourth-order valence-electron chi connectivity index (χ4n) is 1.50. The highest BCUT2D eigenvalue weighted by molar-refractivity contribution is 9.11. The number of rotatable bonds is 5. The van der Waals surface area contributed by atoms with E-state index >= 15 is 0 Å². The van der Waals surface area contributed by atoms with Crippen molar-refractivity contribution in [1.29, 1.82) is 0 Å². The summed E-state index contributed by atoms with van der Waals surface area (Å²) in [5.74, 6) is 0. The molecule has 8 heteroatoms. The summed E-state index contributed by atoms with van der Waals surface area (Å²) in [6.45, 7) is 0.842. The van der Waals surface area contributed by atoms with Crippen molar-refractivity contribution >= 4 is 41.9 Å². The van der Waals surface area contributed by atoms with Crippen molar-refractivity contribution in [3.8, 4) is 0 Å². The number of imidazole rings is 1. The normalized spacial score (nSPS) is 11.7. The van der Waals surface area contributed by atoms with E-state index < -0.39 is 10.0 Å². The predicted molar refractivity (Wildman–Crippen MR) is 79.3 cm³/mol. The van der Waals surface area contributed by atoms with E-state index in [-0.39, 0.29) is 4.90 Å². The molecule has 1 aromatic heterocycles. The lowest BCUT2D eigenvalue weighted by Crippen LogP contribution is -2.27. The van der Waals surface area contributed by atoms with Gasteiger partial charge in [-0.1, -0.05) is 15.9 Å². The zero-order chi connectivity index (χ0) is 13.9. The second-order valence-corrected chi connectivity index (χ2v) is 7.28. The fourth-order valence-corrected chi connectivity index (χ4v) is 4.26. The maximum atomic E-state index is 12.1. The molecule has 1 heterocycles. The summed E-state index contributed by atoms with van der Waals surface area (Å²) in [6, 6.07) is 4.94. The molecule has 2 aromatic rings. The van der Waals surface area contributed by atoms with Crippen LogP contribution in [0.25, 0.3) is 0 Å². The molecular formula is C11H11Br2N3O2S. The topological polar surface area (TPSA) is 64.0 Å². The predicted octanol–water partition coefficient (Wildman–Crippen LogP) is 2.39. The molecule has 1 aromatic carbocycles. The number of hydrogen-bond acceptors (Lipinski definition) is 3. The SMILES string of the molecule is O=S(=O)(NCCn1ccnc1)c1ccc(Br)cc1Br. The van der Waals surface area contributed by atoms with E-state index in [1.54, 1.807) is 41.5 Å². The molecule has 0 atom stereocenters. The van der Waals surface area contributed by atoms with Crippen LogP contribution in [-0.2, 0) is 16.6 Å². The second kappa shape index (κ2) is 6.17. The van der Waals surface area contributed by atoms with E-state index in [4.69, 9.17) is 0 Å². The van der Waals surface area contributed by atoms with Crippen LogP contribution in [-0.4, -0.2) is 24.5 Å². The average Bonchev–Trinajstić information content (AvgIpc) is 2.81. The number of aromatic nitrogens is 2. The minimum Gasteiger partial charge on any atom is -0.336 e. The highest BCUT2D eigenvalue weighted by atomic mass is 79.9. The van der Waals surface area contributed by atoms with Gasteiger partial charge < -0.3 is 4.57 Å². The van der Waals surface area contributed by atoms with Gasteiger partial charge in [0.15, 0.2) is 0 Å². The standard InChI is InChI=1S/C11H11Br2N3O2S/c12-9-1-2-11(10(13)7-9)19(17,18)15-4-6-16-5-3-14-8-16/h1-3,5,7-8,15H,4,6H2. The molecule has 102 valence electrons. The molecule has 0 amide bonds. The molecule has 5 nitrogen and oxygen atoms in total. The second-order valence-electron chi connectivity index (χ2n) is 3.77. The molecule has 1 N–H and O–H groups in total. The zero-order valence-corrected chi connectivity index (χ0v) is 13.7. The Morgan fingerprint density at radius 1 is 1.32 bits per heavy atom. The Morgan fingerprint density at radius 2 is 2.11 bits per heavy atom. The van der Waals surface area contributed by atoms with Gasteiger partial charge >= 0.3 is 0 Å². The van der Waals surface area contributed by atoms with E-state index in [0.29, 0.717) is 17.6 Å². The van der Waals surface area contributed by atoms with Crippen molar-refractivity contribution in [2.45, 2.75) is 11.4 Å². The van der Waals surface area contributed by atoms with E-state index in [9.17, 15) is 8.42 Å². The average molecular weight is 409 g/mol. The van der Waals surface area contributed by atoms with Crippen LogP contribution in [0.1, 0.15) is 0 Å². The minimum atomic E-state index is -3.51. The van der Waals surface area contributed by atoms with Crippen LogP contribution in [0.2, 0.25) is 0 Å². The molecule has 0 fully saturated rings. The van der Waals surface area contributed by atoms with Crippen molar-refractivity contribution in [2.75, 3.05) is 6.54 Å². The lowest BCUT2D eigenvalue weighted by atomic mass is 10.4. The van der Waals surface area contributed by atoms with Gasteiger partial charge in [-0.05, 0) is 34.1 Å². The Hall–Kier alpha value is -0.700. The Bertz CT molecular complexity index is 657. The summed E-state index contributed by atoms with van der Waals surface area (Å²) in [6.07, 6.45) is 5.08. The van der Waals surface area contributed by atoms with Gasteiger partial charge in [-0.2, -0.15) is 0 Å². The lowest BCUT2D eigenvalue weighted by Gasteiger charge is -2.09. The van der Waals surface area contributed by atoms with Crippen LogP contribution >= 0.6 is 31.9 Å². The molecule has 0 aliphatic carbocycles. The molecule has 0 bridgehead atoms. The van der Waals surface area contributed by atoms with Gasteiger partial charge in [0.05, 0.1) is 11.2 Å². The smallest absolute Gasteiger partial charge is 0.241 e. The van der Waals surface area contributed by atoms with Crippen LogP contribution in [0.3, 0.4) is 0 Å². The van der Waals surface area contributed by atoms with E-state index in [0.717, 1.165) is 4.47 Å². The molecular weight excluding hydrogens is 398 g/mol. The maximum absolute atomic E-state index is 12.1. The van der Waals surface area contributed by atoms with E-state index in [1.165, 1.54) is 0 Å². The molecule has 0 aliphatic heterocycles. The van der Waals surface area contributed by atoms with Crippen LogP contribution in [0, 0.1) is 0 Å². The number of halogens is 2. The monoisotopic (exact) mass is 407 g/mol. The summed E-state index contributed by atoms with van der Waals surface area (Å²) >= 11 is 6.54. The van der Waals surface area contributed by atoms with Crippen molar-refractivity contribution < 1.29 is 8.42 Å². The molecule has 19 heavy (non-hydrogen) atoms. The molecule has 0 saturated heterocycles. The third-order valence-corrected chi connectivity index (χ3v) is 5.34. The largest absolute Gasteiger partial charge is 0.336 e. The van der Waals surface area contributed by atoms with Crippen molar-refractivity contribution in [2.24, 2.45) is 0 Å². The van der Waals surface area contributed by atoms with Crippen molar-refractivity contribution in [3.05, 3.63) is 45.9 Å². The fraction of sp³-hybridized carbons (Fsp3) is 0.182. The third-order valence-electron chi connectivity index (χ3n) is 2.40. The van der Waals surface area contributed by atoms with Crippen LogP contribution < -0.4 is 4.72 Å². The molecule has 0 aliphatic rings. The maximum Gasteiger partial charge on any atom is 0.241 e. The first-order valence-corrected chi connectivity index (χ1v) is 8.46. The summed E-state index contributed by atoms with van der Waals surface area (Å²) in [5.41, 5.74) is 0. The number of sulfonamides is 1. The van der Waals surface area contributed by atoms with Crippen LogP contribution in [0.15, 0.2) is 50.8 Å². The number of nitrogens with one attached hydrogen (secondary N) is 1. The van der Waals surface area contributed by atoms with Crippen LogP contribution in [0.5, 0.6) is 0 Å². The zero-order valence-electron chi connectivity index (χ0n) is 9.75. The summed E-state index contributed by atoms with van der Waals surface area (Å²) in [7, 11) is -3.51. The van der Waals surface area contributed by atoms with Crippen molar-refractivity contribution in [1.82, 2.24) is 14.3 Å². The summed E-state index contributed by atoms with van der Waals surface area (Å²) in [4.78, 5) is 4.12. The molecule has 0 unspecified atom stereocenters. The Kier molecular flexibility index (Phi) is 4.77. The van der Waals surface area contributed by atoms with Gasteiger partial charge in [-0.15, -0.1) is 0 Å². The molecule has 2 rings (SSSR count). The van der Waals surface area contributed by atoms with Gasteiger partial charge in [-0.25, -0.2) is 18.1 Å². The summed E-state index contributed by atoms with van der Waals surface area (Å²) in [5, 5.41) is 0. The van der Waals surface area contributed by atoms with Crippen molar-refractivity contribution in [3.63, 3.8) is 0 Å². The quantitative estimate of drug-likeness (QED) is 0.825. The molecule has 0 spiro atoms. The van der Waals surface area contributed by atoms with Gasteiger partial charge in [0.25, 0.3) is 0 Å². The first-order valence-electron chi connectivity index (χ1n) is 5.39. The molecule has 0 radical (unpaired) electrons. The Labute approximate surface area is 128 Å². The van der Waals surface area contributed by atoms with E-state index in [2.05, 4.69) is 41.6 Å². The minimum absolute atomic E-state index is 0.223. The van der Waals surface area contributed by atoms with Gasteiger partial charge in [-0.3, -0.25) is 0 Å². The number of hydrogen-bond donors (Lipinski definition) is 1.